The van der Waals surface area contributed by atoms with Crippen molar-refractivity contribution in [2.45, 2.75) is 11.4 Å². The van der Waals surface area contributed by atoms with E-state index >= 15 is 0 Å². The van der Waals surface area contributed by atoms with E-state index in [1.807, 2.05) is 12.1 Å². The van der Waals surface area contributed by atoms with Gasteiger partial charge in [0.2, 0.25) is 0 Å². The van der Waals surface area contributed by atoms with Crippen molar-refractivity contribution in [3.8, 4) is 0 Å². The molecule has 2 heterocycles. The summed E-state index contributed by atoms with van der Waals surface area (Å²) < 4.78 is 0. The molecule has 0 unspecified atom stereocenters. The highest BCUT2D eigenvalue weighted by atomic mass is 32.2. The van der Waals surface area contributed by atoms with Gasteiger partial charge in [0.1, 0.15) is 10.9 Å². The molecule has 0 saturated heterocycles. The zero-order chi connectivity index (χ0) is 11.2. The van der Waals surface area contributed by atoms with Gasteiger partial charge in [-0.25, -0.2) is 4.98 Å². The van der Waals surface area contributed by atoms with E-state index < -0.39 is 0 Å². The van der Waals surface area contributed by atoms with Gasteiger partial charge < -0.3 is 10.4 Å². The molecule has 2 rings (SSSR count). The Morgan fingerprint density at radius 1 is 1.50 bits per heavy atom. The fraction of sp³-hybridized carbons (Fsp3) is 0.455. The Morgan fingerprint density at radius 2 is 2.44 bits per heavy atom. The Bertz CT molecular complexity index is 381. The highest BCUT2D eigenvalue weighted by Crippen LogP contribution is 2.20. The van der Waals surface area contributed by atoms with E-state index in [0.29, 0.717) is 5.75 Å². The number of pyridine rings is 1. The van der Waals surface area contributed by atoms with Crippen LogP contribution >= 0.6 is 11.8 Å². The molecule has 0 bridgehead atoms. The zero-order valence-electron chi connectivity index (χ0n) is 9.02. The number of hydrogen-bond acceptors (Lipinski definition) is 5. The van der Waals surface area contributed by atoms with Gasteiger partial charge in [-0.1, -0.05) is 0 Å². The molecule has 86 valence electrons. The summed E-state index contributed by atoms with van der Waals surface area (Å²) in [7, 11) is 0. The maximum Gasteiger partial charge on any atom is 0.131 e. The fourth-order valence-corrected chi connectivity index (χ4v) is 2.28. The van der Waals surface area contributed by atoms with E-state index in [1.54, 1.807) is 18.0 Å². The molecular formula is C11H15N3OS. The smallest absolute Gasteiger partial charge is 0.131 e. The van der Waals surface area contributed by atoms with E-state index in [-0.39, 0.29) is 6.61 Å². The number of nitrogens with one attached hydrogen (secondary N) is 1. The number of aromatic nitrogens is 1. The second kappa shape index (κ2) is 5.86. The van der Waals surface area contributed by atoms with Crippen LogP contribution < -0.4 is 5.32 Å². The Balaban J connectivity index is 2.21. The third-order valence-electron chi connectivity index (χ3n) is 2.25. The Morgan fingerprint density at radius 3 is 3.19 bits per heavy atom. The molecule has 0 amide bonds. The van der Waals surface area contributed by atoms with Crippen molar-refractivity contribution in [3.63, 3.8) is 0 Å². The molecule has 1 aromatic heterocycles. The lowest BCUT2D eigenvalue weighted by atomic mass is 10.2. The van der Waals surface area contributed by atoms with Crippen molar-refractivity contribution in [3.05, 3.63) is 23.9 Å². The van der Waals surface area contributed by atoms with Crippen LogP contribution in [-0.4, -0.2) is 41.4 Å². The molecular weight excluding hydrogens is 222 g/mol. The summed E-state index contributed by atoms with van der Waals surface area (Å²) in [5.74, 6) is 1.59. The normalized spacial score (nSPS) is 15.4. The Hall–Kier alpha value is -1.07. The molecule has 0 aromatic carbocycles. The maximum atomic E-state index is 8.83. The average Bonchev–Trinajstić information content (AvgIpc) is 2.38. The van der Waals surface area contributed by atoms with Crippen molar-refractivity contribution >= 4 is 17.6 Å². The monoisotopic (exact) mass is 237 g/mol. The van der Waals surface area contributed by atoms with Crippen LogP contribution in [0.3, 0.4) is 0 Å². The van der Waals surface area contributed by atoms with Crippen LogP contribution in [0.1, 0.15) is 12.0 Å². The molecule has 0 spiro atoms. The van der Waals surface area contributed by atoms with Crippen LogP contribution in [0, 0.1) is 0 Å². The highest BCUT2D eigenvalue weighted by molar-refractivity contribution is 7.99. The molecule has 0 saturated carbocycles. The predicted octanol–water partition coefficient (Wildman–Crippen LogP) is 0.906. The minimum Gasteiger partial charge on any atom is -0.396 e. The van der Waals surface area contributed by atoms with E-state index in [4.69, 9.17) is 5.11 Å². The van der Waals surface area contributed by atoms with Gasteiger partial charge in [-0.05, 0) is 18.6 Å². The number of hydrogen-bond donors (Lipinski definition) is 2. The first kappa shape index (κ1) is 11.4. The van der Waals surface area contributed by atoms with Crippen LogP contribution in [0.5, 0.6) is 0 Å². The summed E-state index contributed by atoms with van der Waals surface area (Å²) in [6, 6.07) is 3.93. The molecule has 16 heavy (non-hydrogen) atoms. The van der Waals surface area contributed by atoms with Crippen LogP contribution in [-0.2, 0) is 0 Å². The molecule has 1 aliphatic rings. The molecule has 1 aromatic rings. The summed E-state index contributed by atoms with van der Waals surface area (Å²) in [6.45, 7) is 2.01. The van der Waals surface area contributed by atoms with Crippen LogP contribution in [0.4, 0.5) is 0 Å². The predicted molar refractivity (Wildman–Crippen MR) is 66.1 cm³/mol. The number of rotatable bonds is 4. The van der Waals surface area contributed by atoms with Crippen molar-refractivity contribution in [2.75, 3.05) is 25.4 Å². The van der Waals surface area contributed by atoms with Crippen LogP contribution in [0.15, 0.2) is 28.3 Å². The fourth-order valence-electron chi connectivity index (χ4n) is 1.54. The third-order valence-corrected chi connectivity index (χ3v) is 3.24. The van der Waals surface area contributed by atoms with Crippen LogP contribution in [0.25, 0.3) is 0 Å². The molecule has 0 fully saturated rings. The van der Waals surface area contributed by atoms with Crippen molar-refractivity contribution in [1.29, 1.82) is 0 Å². The van der Waals surface area contributed by atoms with Gasteiger partial charge in [0, 0.05) is 30.6 Å². The highest BCUT2D eigenvalue weighted by Gasteiger charge is 2.12. The van der Waals surface area contributed by atoms with Crippen LogP contribution in [0.2, 0.25) is 0 Å². The minimum absolute atomic E-state index is 0.167. The van der Waals surface area contributed by atoms with Gasteiger partial charge in [-0.3, -0.25) is 4.99 Å². The number of nitrogens with zero attached hydrogens (tertiary/aromatic N) is 2. The molecule has 0 atom stereocenters. The Labute approximate surface area is 99.2 Å². The quantitative estimate of drug-likeness (QED) is 0.764. The maximum absolute atomic E-state index is 8.83. The van der Waals surface area contributed by atoms with Gasteiger partial charge in [0.25, 0.3) is 0 Å². The molecule has 1 aliphatic heterocycles. The first-order valence-electron chi connectivity index (χ1n) is 5.39. The number of aliphatic imine (C=N–C) groups is 1. The lowest BCUT2D eigenvalue weighted by Gasteiger charge is -2.16. The van der Waals surface area contributed by atoms with E-state index in [9.17, 15) is 0 Å². The first-order chi connectivity index (χ1) is 7.92. The molecule has 0 radical (unpaired) electrons. The summed E-state index contributed by atoms with van der Waals surface area (Å²) in [5.41, 5.74) is 1.04. The number of aliphatic hydroxyl groups excluding tert-OH is 1. The second-order valence-corrected chi connectivity index (χ2v) is 4.52. The third kappa shape index (κ3) is 2.74. The minimum atomic E-state index is 0.167. The largest absolute Gasteiger partial charge is 0.396 e. The Kier molecular flexibility index (Phi) is 4.18. The van der Waals surface area contributed by atoms with Gasteiger partial charge in [0.15, 0.2) is 0 Å². The van der Waals surface area contributed by atoms with Crippen molar-refractivity contribution < 1.29 is 5.11 Å². The molecule has 0 aliphatic carbocycles. The lowest BCUT2D eigenvalue weighted by Crippen LogP contribution is -2.30. The standard InChI is InChI=1S/C11H15N3OS/c15-7-8-16-11-9(3-1-4-14-11)10-12-5-2-6-13-10/h1,3-4,15H,2,5-8H2,(H,12,13). The summed E-state index contributed by atoms with van der Waals surface area (Å²) in [6.07, 6.45) is 2.86. The van der Waals surface area contributed by atoms with Gasteiger partial charge in [0.05, 0.1) is 6.61 Å². The van der Waals surface area contributed by atoms with E-state index in [1.165, 1.54) is 0 Å². The SMILES string of the molecule is OCCSc1ncccc1C1=NCCCN1. The van der Waals surface area contributed by atoms with E-state index in [0.717, 1.165) is 35.9 Å². The summed E-state index contributed by atoms with van der Waals surface area (Å²) >= 11 is 1.56. The number of aliphatic hydroxyl groups is 1. The van der Waals surface area contributed by atoms with E-state index in [2.05, 4.69) is 15.3 Å². The van der Waals surface area contributed by atoms with Crippen molar-refractivity contribution in [1.82, 2.24) is 10.3 Å². The number of amidine groups is 1. The lowest BCUT2D eigenvalue weighted by molar-refractivity contribution is 0.322. The second-order valence-electron chi connectivity index (χ2n) is 3.44. The average molecular weight is 237 g/mol. The molecule has 4 nitrogen and oxygen atoms in total. The topological polar surface area (TPSA) is 57.5 Å². The zero-order valence-corrected chi connectivity index (χ0v) is 9.83. The number of thioether (sulfide) groups is 1. The van der Waals surface area contributed by atoms with Crippen molar-refractivity contribution in [2.24, 2.45) is 4.99 Å². The van der Waals surface area contributed by atoms with Gasteiger partial charge in [-0.15, -0.1) is 11.8 Å². The molecule has 2 N–H and O–H groups in total. The van der Waals surface area contributed by atoms with Gasteiger partial charge in [-0.2, -0.15) is 0 Å². The first-order valence-corrected chi connectivity index (χ1v) is 6.38. The molecule has 5 heteroatoms. The van der Waals surface area contributed by atoms with Gasteiger partial charge >= 0.3 is 0 Å². The summed E-state index contributed by atoms with van der Waals surface area (Å²) in [5, 5.41) is 13.1. The summed E-state index contributed by atoms with van der Waals surface area (Å²) in [4.78, 5) is 8.78.